The molecule has 1 atom stereocenters. The molecule has 0 spiro atoms. The van der Waals surface area contributed by atoms with Gasteiger partial charge in [-0.3, -0.25) is 0 Å². The van der Waals surface area contributed by atoms with Gasteiger partial charge in [-0.05, 0) is 12.3 Å². The number of carbonyl (C=O) groups is 2. The lowest BCUT2D eigenvalue weighted by Gasteiger charge is -2.12. The van der Waals surface area contributed by atoms with Crippen LogP contribution in [0.3, 0.4) is 0 Å². The summed E-state index contributed by atoms with van der Waals surface area (Å²) in [6, 6.07) is 0. The van der Waals surface area contributed by atoms with Crippen molar-refractivity contribution in [2.24, 2.45) is 5.92 Å². The SMILES string of the molecule is C=C(COCC(=CCC(CC)CCCC)C(=O)O)C(=O)O. The fraction of sp³-hybridized carbons (Fsp3) is 0.625. The van der Waals surface area contributed by atoms with Crippen LogP contribution >= 0.6 is 0 Å². The molecule has 120 valence electrons. The lowest BCUT2D eigenvalue weighted by molar-refractivity contribution is -0.133. The van der Waals surface area contributed by atoms with Gasteiger partial charge in [0, 0.05) is 0 Å². The van der Waals surface area contributed by atoms with E-state index in [1.54, 1.807) is 6.08 Å². The van der Waals surface area contributed by atoms with Gasteiger partial charge in [0.25, 0.3) is 0 Å². The first-order chi connectivity index (χ1) is 9.92. The van der Waals surface area contributed by atoms with Crippen LogP contribution in [0.5, 0.6) is 0 Å². The summed E-state index contributed by atoms with van der Waals surface area (Å²) < 4.78 is 5.10. The van der Waals surface area contributed by atoms with Crippen LogP contribution in [0.1, 0.15) is 46.0 Å². The molecule has 0 aliphatic heterocycles. The summed E-state index contributed by atoms with van der Waals surface area (Å²) >= 11 is 0. The molecule has 0 saturated heterocycles. The van der Waals surface area contributed by atoms with E-state index in [9.17, 15) is 9.59 Å². The Morgan fingerprint density at radius 3 is 2.33 bits per heavy atom. The Morgan fingerprint density at radius 2 is 1.86 bits per heavy atom. The van der Waals surface area contributed by atoms with E-state index in [0.717, 1.165) is 25.7 Å². The molecule has 5 nitrogen and oxygen atoms in total. The van der Waals surface area contributed by atoms with Crippen LogP contribution in [0.15, 0.2) is 23.8 Å². The van der Waals surface area contributed by atoms with Gasteiger partial charge >= 0.3 is 11.9 Å². The Labute approximate surface area is 126 Å². The molecule has 0 saturated carbocycles. The summed E-state index contributed by atoms with van der Waals surface area (Å²) in [4.78, 5) is 21.7. The molecular formula is C16H26O5. The highest BCUT2D eigenvalue weighted by Gasteiger charge is 2.11. The molecular weight excluding hydrogens is 272 g/mol. The zero-order chi connectivity index (χ0) is 16.3. The molecule has 1 unspecified atom stereocenters. The number of hydrogen-bond acceptors (Lipinski definition) is 3. The lowest BCUT2D eigenvalue weighted by Crippen LogP contribution is -2.13. The third-order valence-corrected chi connectivity index (χ3v) is 3.35. The number of allylic oxidation sites excluding steroid dienone is 1. The molecule has 0 aromatic rings. The molecule has 0 amide bonds. The van der Waals surface area contributed by atoms with Gasteiger partial charge in [0.15, 0.2) is 0 Å². The van der Waals surface area contributed by atoms with E-state index >= 15 is 0 Å². The normalized spacial score (nSPS) is 13.0. The Balaban J connectivity index is 4.39. The fourth-order valence-corrected chi connectivity index (χ4v) is 1.84. The number of aliphatic carboxylic acids is 2. The van der Waals surface area contributed by atoms with Crippen molar-refractivity contribution in [3.63, 3.8) is 0 Å². The topological polar surface area (TPSA) is 83.8 Å². The van der Waals surface area contributed by atoms with Crippen molar-refractivity contribution in [1.82, 2.24) is 0 Å². The first kappa shape index (κ1) is 19.4. The van der Waals surface area contributed by atoms with E-state index in [-0.39, 0.29) is 24.4 Å². The highest BCUT2D eigenvalue weighted by atomic mass is 16.5. The molecule has 21 heavy (non-hydrogen) atoms. The van der Waals surface area contributed by atoms with Gasteiger partial charge in [-0.2, -0.15) is 0 Å². The molecule has 5 heteroatoms. The Morgan fingerprint density at radius 1 is 1.19 bits per heavy atom. The highest BCUT2D eigenvalue weighted by molar-refractivity contribution is 5.87. The lowest BCUT2D eigenvalue weighted by atomic mass is 9.95. The number of ether oxygens (including phenoxy) is 1. The van der Waals surface area contributed by atoms with Gasteiger partial charge in [-0.25, -0.2) is 9.59 Å². The van der Waals surface area contributed by atoms with Gasteiger partial charge in [-0.1, -0.05) is 52.2 Å². The number of carboxylic acid groups (broad SMARTS) is 2. The summed E-state index contributed by atoms with van der Waals surface area (Å²) in [7, 11) is 0. The predicted octanol–water partition coefficient (Wildman–Crippen LogP) is 3.26. The average molecular weight is 298 g/mol. The molecule has 2 N–H and O–H groups in total. The minimum Gasteiger partial charge on any atom is -0.478 e. The summed E-state index contributed by atoms with van der Waals surface area (Å²) in [6.07, 6.45) is 6.78. The maximum atomic E-state index is 11.1. The van der Waals surface area contributed by atoms with Gasteiger partial charge in [-0.15, -0.1) is 0 Å². The molecule has 0 fully saturated rings. The molecule has 0 aliphatic carbocycles. The molecule has 0 aliphatic rings. The maximum absolute atomic E-state index is 11.1. The zero-order valence-electron chi connectivity index (χ0n) is 12.9. The van der Waals surface area contributed by atoms with Crippen molar-refractivity contribution in [2.75, 3.05) is 13.2 Å². The second-order valence-corrected chi connectivity index (χ2v) is 5.09. The quantitative estimate of drug-likeness (QED) is 0.540. The van der Waals surface area contributed by atoms with E-state index < -0.39 is 11.9 Å². The van der Waals surface area contributed by atoms with E-state index in [1.165, 1.54) is 0 Å². The minimum absolute atomic E-state index is 0.0888. The molecule has 0 heterocycles. The van der Waals surface area contributed by atoms with Crippen LogP contribution in [-0.2, 0) is 14.3 Å². The second-order valence-electron chi connectivity index (χ2n) is 5.09. The van der Waals surface area contributed by atoms with Crippen molar-refractivity contribution >= 4 is 11.9 Å². The molecule has 0 aromatic carbocycles. The first-order valence-corrected chi connectivity index (χ1v) is 7.33. The van der Waals surface area contributed by atoms with Gasteiger partial charge in [0.2, 0.25) is 0 Å². The number of carboxylic acids is 2. The summed E-state index contributed by atoms with van der Waals surface area (Å²) in [5, 5.41) is 17.8. The summed E-state index contributed by atoms with van der Waals surface area (Å²) in [5.74, 6) is -1.68. The van der Waals surface area contributed by atoms with Crippen LogP contribution < -0.4 is 0 Å². The number of rotatable bonds is 12. The standard InChI is InChI=1S/C16H26O5/c1-4-6-7-13(5-2)8-9-14(16(19)20)11-21-10-12(3)15(17)18/h9,13H,3-8,10-11H2,1-2H3,(H,17,18)(H,19,20). The molecule has 0 bridgehead atoms. The highest BCUT2D eigenvalue weighted by Crippen LogP contribution is 2.18. The van der Waals surface area contributed by atoms with E-state index in [0.29, 0.717) is 12.3 Å². The second kappa shape index (κ2) is 11.1. The van der Waals surface area contributed by atoms with E-state index in [2.05, 4.69) is 20.4 Å². The van der Waals surface area contributed by atoms with Crippen molar-refractivity contribution < 1.29 is 24.5 Å². The maximum Gasteiger partial charge on any atom is 0.333 e. The summed E-state index contributed by atoms with van der Waals surface area (Å²) in [6.45, 7) is 7.28. The van der Waals surface area contributed by atoms with Crippen LogP contribution in [-0.4, -0.2) is 35.4 Å². The van der Waals surface area contributed by atoms with E-state index in [4.69, 9.17) is 14.9 Å². The molecule has 0 aromatic heterocycles. The predicted molar refractivity (Wildman–Crippen MR) is 81.2 cm³/mol. The fourth-order valence-electron chi connectivity index (χ4n) is 1.84. The van der Waals surface area contributed by atoms with Crippen molar-refractivity contribution in [3.8, 4) is 0 Å². The average Bonchev–Trinajstić information content (AvgIpc) is 2.44. The van der Waals surface area contributed by atoms with Crippen LogP contribution in [0, 0.1) is 5.92 Å². The van der Waals surface area contributed by atoms with Crippen molar-refractivity contribution in [1.29, 1.82) is 0 Å². The summed E-state index contributed by atoms with van der Waals surface area (Å²) in [5.41, 5.74) is 0.0808. The third-order valence-electron chi connectivity index (χ3n) is 3.35. The third kappa shape index (κ3) is 9.02. The monoisotopic (exact) mass is 298 g/mol. The van der Waals surface area contributed by atoms with Crippen LogP contribution in [0.2, 0.25) is 0 Å². The number of hydrogen-bond donors (Lipinski definition) is 2. The van der Waals surface area contributed by atoms with Crippen molar-refractivity contribution in [3.05, 3.63) is 23.8 Å². The van der Waals surface area contributed by atoms with Gasteiger partial charge in [0.05, 0.1) is 24.4 Å². The van der Waals surface area contributed by atoms with Gasteiger partial charge in [0.1, 0.15) is 0 Å². The minimum atomic E-state index is -1.14. The zero-order valence-corrected chi connectivity index (χ0v) is 12.9. The molecule has 0 rings (SSSR count). The Hall–Kier alpha value is -1.62. The van der Waals surface area contributed by atoms with Crippen molar-refractivity contribution in [2.45, 2.75) is 46.0 Å². The first-order valence-electron chi connectivity index (χ1n) is 7.33. The largest absolute Gasteiger partial charge is 0.478 e. The molecule has 0 radical (unpaired) electrons. The smallest absolute Gasteiger partial charge is 0.333 e. The van der Waals surface area contributed by atoms with Gasteiger partial charge < -0.3 is 14.9 Å². The Bertz CT molecular complexity index is 384. The Kier molecular flexibility index (Phi) is 10.2. The number of unbranched alkanes of at least 4 members (excludes halogenated alkanes) is 1. The van der Waals surface area contributed by atoms with Crippen LogP contribution in [0.25, 0.3) is 0 Å². The van der Waals surface area contributed by atoms with E-state index in [1.807, 2.05) is 0 Å². The van der Waals surface area contributed by atoms with Crippen LogP contribution in [0.4, 0.5) is 0 Å².